The Hall–Kier alpha value is 0.150. The number of rotatable bonds is 4. The highest BCUT2D eigenvalue weighted by Crippen LogP contribution is 2.35. The summed E-state index contributed by atoms with van der Waals surface area (Å²) in [5.74, 6) is 0. The molecule has 0 aromatic heterocycles. The molecule has 0 saturated heterocycles. The first-order valence-corrected chi connectivity index (χ1v) is 6.10. The van der Waals surface area contributed by atoms with Gasteiger partial charge >= 0.3 is 0 Å². The summed E-state index contributed by atoms with van der Waals surface area (Å²) in [7, 11) is 3.48. The van der Waals surface area contributed by atoms with Crippen LogP contribution in [0.4, 0.5) is 0 Å². The second-order valence-electron chi connectivity index (χ2n) is 4.14. The fourth-order valence-corrected chi connectivity index (χ4v) is 1.57. The maximum absolute atomic E-state index is 10.8. The Bertz CT molecular complexity index is 156. The summed E-state index contributed by atoms with van der Waals surface area (Å²) in [5.41, 5.74) is 0. The van der Waals surface area contributed by atoms with E-state index < -0.39 is 7.37 Å². The summed E-state index contributed by atoms with van der Waals surface area (Å²) < 4.78 is 11.7. The summed E-state index contributed by atoms with van der Waals surface area (Å²) in [4.78, 5) is 8.96. The smallest absolute Gasteiger partial charge is 0.197 e. The van der Waals surface area contributed by atoms with E-state index in [2.05, 4.69) is 21.1 Å². The van der Waals surface area contributed by atoms with Gasteiger partial charge in [-0.15, -0.1) is 0 Å². The molecule has 4 heteroatoms. The number of hydrogen-bond acceptors (Lipinski definition) is 1. The van der Waals surface area contributed by atoms with Crippen LogP contribution in [0, 0.1) is 0 Å². The SMILES string of the molecule is C[N+](C)(C)CCCP(C)(=O)O. The van der Waals surface area contributed by atoms with Crippen molar-refractivity contribution in [1.82, 2.24) is 0 Å². The average Bonchev–Trinajstić information content (AvgIpc) is 1.55. The minimum atomic E-state index is -2.76. The van der Waals surface area contributed by atoms with Crippen LogP contribution in [0.5, 0.6) is 0 Å². The van der Waals surface area contributed by atoms with E-state index in [9.17, 15) is 4.57 Å². The Kier molecular flexibility index (Phi) is 3.75. The van der Waals surface area contributed by atoms with Gasteiger partial charge in [-0.25, -0.2) is 0 Å². The third-order valence-corrected chi connectivity index (χ3v) is 2.55. The van der Waals surface area contributed by atoms with Gasteiger partial charge in [0.2, 0.25) is 0 Å². The van der Waals surface area contributed by atoms with E-state index in [1.807, 2.05) is 0 Å². The first kappa shape index (κ1) is 11.2. The molecular formula is C7H19NO2P+. The molecule has 0 heterocycles. The molecule has 1 atom stereocenters. The predicted molar refractivity (Wildman–Crippen MR) is 48.1 cm³/mol. The zero-order valence-electron chi connectivity index (χ0n) is 7.87. The van der Waals surface area contributed by atoms with Crippen molar-refractivity contribution in [2.75, 3.05) is 40.5 Å². The van der Waals surface area contributed by atoms with Gasteiger partial charge in [-0.05, 0) is 0 Å². The van der Waals surface area contributed by atoms with Gasteiger partial charge < -0.3 is 9.38 Å². The zero-order valence-corrected chi connectivity index (χ0v) is 8.77. The summed E-state index contributed by atoms with van der Waals surface area (Å²) in [6.07, 6.45) is 1.27. The molecule has 0 fully saturated rings. The van der Waals surface area contributed by atoms with Crippen LogP contribution in [-0.4, -0.2) is 49.9 Å². The predicted octanol–water partition coefficient (Wildman–Crippen LogP) is 0.983. The van der Waals surface area contributed by atoms with E-state index in [0.717, 1.165) is 17.4 Å². The van der Waals surface area contributed by atoms with Crippen LogP contribution in [0.15, 0.2) is 0 Å². The monoisotopic (exact) mass is 180 g/mol. The Labute approximate surface area is 69.1 Å². The molecule has 0 saturated carbocycles. The second kappa shape index (κ2) is 3.70. The first-order valence-electron chi connectivity index (χ1n) is 3.80. The van der Waals surface area contributed by atoms with E-state index in [4.69, 9.17) is 4.89 Å². The Morgan fingerprint density at radius 3 is 2.09 bits per heavy atom. The molecule has 0 aromatic rings. The molecule has 0 rings (SSSR count). The van der Waals surface area contributed by atoms with Crippen LogP contribution in [0.1, 0.15) is 6.42 Å². The van der Waals surface area contributed by atoms with Gasteiger partial charge in [0, 0.05) is 19.2 Å². The lowest BCUT2D eigenvalue weighted by Crippen LogP contribution is -2.35. The average molecular weight is 180 g/mol. The summed E-state index contributed by atoms with van der Waals surface area (Å²) in [6.45, 7) is 2.38. The lowest BCUT2D eigenvalue weighted by molar-refractivity contribution is -0.870. The molecule has 0 aliphatic heterocycles. The second-order valence-corrected chi connectivity index (χ2v) is 6.69. The van der Waals surface area contributed by atoms with E-state index in [-0.39, 0.29) is 0 Å². The molecule has 0 aliphatic carbocycles. The fourth-order valence-electron chi connectivity index (χ4n) is 0.838. The van der Waals surface area contributed by atoms with Crippen molar-refractivity contribution < 1.29 is 13.9 Å². The van der Waals surface area contributed by atoms with Crippen LogP contribution >= 0.6 is 7.37 Å². The van der Waals surface area contributed by atoms with Crippen molar-refractivity contribution in [3.63, 3.8) is 0 Å². The Balaban J connectivity index is 3.52. The fraction of sp³-hybridized carbons (Fsp3) is 1.00. The molecule has 0 radical (unpaired) electrons. The maximum atomic E-state index is 10.8. The maximum Gasteiger partial charge on any atom is 0.197 e. The lowest BCUT2D eigenvalue weighted by Gasteiger charge is -2.23. The van der Waals surface area contributed by atoms with Gasteiger partial charge in [0.15, 0.2) is 7.37 Å². The minimum absolute atomic E-state index is 0.447. The van der Waals surface area contributed by atoms with Crippen molar-refractivity contribution in [1.29, 1.82) is 0 Å². The highest BCUT2D eigenvalue weighted by atomic mass is 31.2. The number of hydrogen-bond donors (Lipinski definition) is 1. The van der Waals surface area contributed by atoms with Crippen LogP contribution in [-0.2, 0) is 4.57 Å². The van der Waals surface area contributed by atoms with Crippen molar-refractivity contribution in [2.45, 2.75) is 6.42 Å². The molecule has 0 bridgehead atoms. The quantitative estimate of drug-likeness (QED) is 0.517. The van der Waals surface area contributed by atoms with E-state index >= 15 is 0 Å². The molecule has 0 amide bonds. The molecule has 3 nitrogen and oxygen atoms in total. The number of quaternary nitrogens is 1. The van der Waals surface area contributed by atoms with Crippen molar-refractivity contribution >= 4 is 7.37 Å². The van der Waals surface area contributed by atoms with Gasteiger partial charge in [0.1, 0.15) is 0 Å². The Morgan fingerprint density at radius 2 is 1.82 bits per heavy atom. The molecule has 68 valence electrons. The standard InChI is InChI=1S/C7H18NO2P/c1-8(2,3)6-5-7-11(4,9)10/h5-7H2,1-4H3/p+1. The van der Waals surface area contributed by atoms with Crippen LogP contribution in [0.3, 0.4) is 0 Å². The zero-order chi connectivity index (χ0) is 9.12. The van der Waals surface area contributed by atoms with Gasteiger partial charge in [-0.3, -0.25) is 4.57 Å². The van der Waals surface area contributed by atoms with Crippen LogP contribution in [0.2, 0.25) is 0 Å². The van der Waals surface area contributed by atoms with Gasteiger partial charge in [0.05, 0.1) is 27.7 Å². The van der Waals surface area contributed by atoms with Gasteiger partial charge in [-0.2, -0.15) is 0 Å². The van der Waals surface area contributed by atoms with Crippen molar-refractivity contribution in [2.24, 2.45) is 0 Å². The molecule has 1 unspecified atom stereocenters. The van der Waals surface area contributed by atoms with Crippen LogP contribution < -0.4 is 0 Å². The summed E-state index contributed by atoms with van der Waals surface area (Å²) in [6, 6.07) is 0. The van der Waals surface area contributed by atoms with E-state index in [1.165, 1.54) is 6.66 Å². The third kappa shape index (κ3) is 10.2. The molecule has 0 spiro atoms. The molecule has 1 N–H and O–H groups in total. The molecule has 11 heavy (non-hydrogen) atoms. The topological polar surface area (TPSA) is 37.3 Å². The molecule has 0 aliphatic rings. The van der Waals surface area contributed by atoms with Crippen LogP contribution in [0.25, 0.3) is 0 Å². The minimum Gasteiger partial charge on any atom is -0.344 e. The molecular weight excluding hydrogens is 161 g/mol. The van der Waals surface area contributed by atoms with Crippen molar-refractivity contribution in [3.8, 4) is 0 Å². The normalized spacial score (nSPS) is 17.9. The van der Waals surface area contributed by atoms with Gasteiger partial charge in [-0.1, -0.05) is 0 Å². The van der Waals surface area contributed by atoms with Crippen molar-refractivity contribution in [3.05, 3.63) is 0 Å². The highest BCUT2D eigenvalue weighted by Gasteiger charge is 2.12. The highest BCUT2D eigenvalue weighted by molar-refractivity contribution is 7.57. The number of nitrogens with zero attached hydrogens (tertiary/aromatic N) is 1. The first-order chi connectivity index (χ1) is 4.71. The van der Waals surface area contributed by atoms with E-state index in [1.54, 1.807) is 0 Å². The van der Waals surface area contributed by atoms with Gasteiger partial charge in [0.25, 0.3) is 0 Å². The van der Waals surface area contributed by atoms with E-state index in [0.29, 0.717) is 6.16 Å². The largest absolute Gasteiger partial charge is 0.344 e. The summed E-state index contributed by atoms with van der Waals surface area (Å²) in [5, 5.41) is 0. The third-order valence-electron chi connectivity index (χ3n) is 1.40. The Morgan fingerprint density at radius 1 is 1.36 bits per heavy atom. The lowest BCUT2D eigenvalue weighted by atomic mass is 10.4. The molecule has 0 aromatic carbocycles. The summed E-state index contributed by atoms with van der Waals surface area (Å²) >= 11 is 0.